The van der Waals surface area contributed by atoms with Crippen LogP contribution in [0.5, 0.6) is 11.5 Å². The number of ether oxygens (including phenoxy) is 1. The summed E-state index contributed by atoms with van der Waals surface area (Å²) in [6.45, 7) is 4.17. The summed E-state index contributed by atoms with van der Waals surface area (Å²) in [7, 11) is 1.55. The van der Waals surface area contributed by atoms with Crippen molar-refractivity contribution in [2.45, 2.75) is 26.6 Å². The van der Waals surface area contributed by atoms with E-state index in [1.54, 1.807) is 13.2 Å². The van der Waals surface area contributed by atoms with E-state index in [9.17, 15) is 5.11 Å². The number of methoxy groups -OCH3 is 1. The number of nitrogens with one attached hydrogen (secondary N) is 1. The molecule has 0 bridgehead atoms. The van der Waals surface area contributed by atoms with Gasteiger partial charge in [-0.25, -0.2) is 0 Å². The van der Waals surface area contributed by atoms with Gasteiger partial charge in [0.2, 0.25) is 0 Å². The topological polar surface area (TPSA) is 59.3 Å². The summed E-state index contributed by atoms with van der Waals surface area (Å²) in [5.41, 5.74) is 1.80. The smallest absolute Gasteiger partial charge is 0.162 e. The van der Waals surface area contributed by atoms with Gasteiger partial charge in [0.1, 0.15) is 0 Å². The summed E-state index contributed by atoms with van der Waals surface area (Å²) in [5, 5.41) is 17.6. The first kappa shape index (κ1) is 13.4. The van der Waals surface area contributed by atoms with Gasteiger partial charge in [-0.15, -0.1) is 0 Å². The number of aryl methyl sites for hydroxylation is 1. The standard InChI is InChI=1S/C14H19N3O2/c1-3-17-8-7-12(16-17)10-15-9-11-5-4-6-13(19-2)14(11)18/h4-8,15,18H,3,9-10H2,1-2H3. The quantitative estimate of drug-likeness (QED) is 0.834. The maximum Gasteiger partial charge on any atom is 0.162 e. The summed E-state index contributed by atoms with van der Waals surface area (Å²) in [6.07, 6.45) is 1.96. The second kappa shape index (κ2) is 6.24. The Balaban J connectivity index is 1.92. The van der Waals surface area contributed by atoms with E-state index in [1.807, 2.05) is 29.1 Å². The molecule has 1 aromatic carbocycles. The lowest BCUT2D eigenvalue weighted by atomic mass is 10.2. The number of aromatic hydroxyl groups is 1. The van der Waals surface area contributed by atoms with E-state index in [0.29, 0.717) is 18.8 Å². The third-order valence-corrected chi connectivity index (χ3v) is 2.94. The number of aromatic nitrogens is 2. The van der Waals surface area contributed by atoms with Gasteiger partial charge in [0.05, 0.1) is 12.8 Å². The first-order valence-corrected chi connectivity index (χ1v) is 6.32. The van der Waals surface area contributed by atoms with Crippen LogP contribution >= 0.6 is 0 Å². The molecular formula is C14H19N3O2. The van der Waals surface area contributed by atoms with E-state index < -0.39 is 0 Å². The molecule has 5 nitrogen and oxygen atoms in total. The largest absolute Gasteiger partial charge is 0.504 e. The molecule has 0 saturated carbocycles. The molecule has 0 amide bonds. The lowest BCUT2D eigenvalue weighted by Crippen LogP contribution is -2.13. The van der Waals surface area contributed by atoms with Crippen molar-refractivity contribution in [1.82, 2.24) is 15.1 Å². The molecule has 2 aromatic rings. The fourth-order valence-corrected chi connectivity index (χ4v) is 1.87. The van der Waals surface area contributed by atoms with E-state index in [0.717, 1.165) is 17.8 Å². The molecule has 0 aliphatic heterocycles. The van der Waals surface area contributed by atoms with Gasteiger partial charge < -0.3 is 15.2 Å². The van der Waals surface area contributed by atoms with E-state index in [1.165, 1.54) is 0 Å². The zero-order valence-electron chi connectivity index (χ0n) is 11.3. The molecule has 102 valence electrons. The molecule has 19 heavy (non-hydrogen) atoms. The van der Waals surface area contributed by atoms with Crippen molar-refractivity contribution in [1.29, 1.82) is 0 Å². The lowest BCUT2D eigenvalue weighted by molar-refractivity contribution is 0.369. The Morgan fingerprint density at radius 2 is 2.16 bits per heavy atom. The van der Waals surface area contributed by atoms with Gasteiger partial charge in [-0.1, -0.05) is 12.1 Å². The van der Waals surface area contributed by atoms with E-state index >= 15 is 0 Å². The maximum absolute atomic E-state index is 9.94. The van der Waals surface area contributed by atoms with Crippen molar-refractivity contribution in [3.05, 3.63) is 41.7 Å². The Kier molecular flexibility index (Phi) is 4.41. The second-order valence-electron chi connectivity index (χ2n) is 4.23. The van der Waals surface area contributed by atoms with Gasteiger partial charge in [-0.3, -0.25) is 4.68 Å². The Labute approximate surface area is 112 Å². The molecule has 0 radical (unpaired) electrons. The average Bonchev–Trinajstić information content (AvgIpc) is 2.89. The Hall–Kier alpha value is -2.01. The minimum Gasteiger partial charge on any atom is -0.504 e. The highest BCUT2D eigenvalue weighted by molar-refractivity contribution is 5.45. The molecule has 0 unspecified atom stereocenters. The predicted molar refractivity (Wildman–Crippen MR) is 73.1 cm³/mol. The van der Waals surface area contributed by atoms with Gasteiger partial charge in [-0.05, 0) is 19.1 Å². The highest BCUT2D eigenvalue weighted by Gasteiger charge is 2.06. The monoisotopic (exact) mass is 261 g/mol. The fourth-order valence-electron chi connectivity index (χ4n) is 1.87. The van der Waals surface area contributed by atoms with Gasteiger partial charge in [0.15, 0.2) is 11.5 Å². The zero-order valence-corrected chi connectivity index (χ0v) is 11.3. The number of phenolic OH excluding ortho intramolecular Hbond substituents is 1. The number of benzene rings is 1. The molecule has 0 aliphatic rings. The van der Waals surface area contributed by atoms with Gasteiger partial charge in [0.25, 0.3) is 0 Å². The number of hydrogen-bond acceptors (Lipinski definition) is 4. The molecule has 2 N–H and O–H groups in total. The van der Waals surface area contributed by atoms with E-state index in [4.69, 9.17) is 4.74 Å². The van der Waals surface area contributed by atoms with Crippen LogP contribution in [-0.4, -0.2) is 22.0 Å². The van der Waals surface area contributed by atoms with Crippen LogP contribution in [0.3, 0.4) is 0 Å². The minimum atomic E-state index is 0.191. The SMILES string of the molecule is CCn1ccc(CNCc2cccc(OC)c2O)n1. The highest BCUT2D eigenvalue weighted by Crippen LogP contribution is 2.29. The van der Waals surface area contributed by atoms with Crippen LogP contribution in [0.4, 0.5) is 0 Å². The molecule has 0 saturated heterocycles. The Morgan fingerprint density at radius 1 is 1.32 bits per heavy atom. The van der Waals surface area contributed by atoms with Crippen molar-refractivity contribution in [3.63, 3.8) is 0 Å². The Morgan fingerprint density at radius 3 is 2.84 bits per heavy atom. The molecule has 0 spiro atoms. The highest BCUT2D eigenvalue weighted by atomic mass is 16.5. The van der Waals surface area contributed by atoms with Crippen LogP contribution in [0.1, 0.15) is 18.2 Å². The molecule has 2 rings (SSSR count). The summed E-state index contributed by atoms with van der Waals surface area (Å²) in [5.74, 6) is 0.686. The second-order valence-corrected chi connectivity index (χ2v) is 4.23. The Bertz CT molecular complexity index is 537. The van der Waals surface area contributed by atoms with Crippen LogP contribution < -0.4 is 10.1 Å². The number of para-hydroxylation sites is 1. The van der Waals surface area contributed by atoms with Crippen LogP contribution in [0.2, 0.25) is 0 Å². The summed E-state index contributed by atoms with van der Waals surface area (Å²) in [4.78, 5) is 0. The van der Waals surface area contributed by atoms with Crippen LogP contribution in [0.25, 0.3) is 0 Å². The number of hydrogen-bond donors (Lipinski definition) is 2. The van der Waals surface area contributed by atoms with Gasteiger partial charge in [-0.2, -0.15) is 5.10 Å². The van der Waals surface area contributed by atoms with Crippen molar-refractivity contribution >= 4 is 0 Å². The van der Waals surface area contributed by atoms with Gasteiger partial charge in [0, 0.05) is 31.4 Å². The first-order chi connectivity index (χ1) is 9.24. The van der Waals surface area contributed by atoms with Crippen LogP contribution in [0, 0.1) is 0 Å². The van der Waals surface area contributed by atoms with E-state index in [2.05, 4.69) is 17.3 Å². The first-order valence-electron chi connectivity index (χ1n) is 6.32. The van der Waals surface area contributed by atoms with Crippen molar-refractivity contribution < 1.29 is 9.84 Å². The number of phenols is 1. The summed E-state index contributed by atoms with van der Waals surface area (Å²) >= 11 is 0. The predicted octanol–water partition coefficient (Wildman–Crippen LogP) is 1.91. The number of rotatable bonds is 6. The van der Waals surface area contributed by atoms with Gasteiger partial charge >= 0.3 is 0 Å². The molecule has 5 heteroatoms. The van der Waals surface area contributed by atoms with Crippen LogP contribution in [-0.2, 0) is 19.6 Å². The fraction of sp³-hybridized carbons (Fsp3) is 0.357. The number of nitrogens with zero attached hydrogens (tertiary/aromatic N) is 2. The molecular weight excluding hydrogens is 242 g/mol. The third kappa shape index (κ3) is 3.26. The molecule has 0 fully saturated rings. The molecule has 1 heterocycles. The molecule has 0 atom stereocenters. The summed E-state index contributed by atoms with van der Waals surface area (Å²) < 4.78 is 6.96. The minimum absolute atomic E-state index is 0.191. The zero-order chi connectivity index (χ0) is 13.7. The maximum atomic E-state index is 9.94. The normalized spacial score (nSPS) is 10.6. The summed E-state index contributed by atoms with van der Waals surface area (Å²) in [6, 6.07) is 7.46. The van der Waals surface area contributed by atoms with Crippen LogP contribution in [0.15, 0.2) is 30.5 Å². The van der Waals surface area contributed by atoms with Crippen molar-refractivity contribution in [2.75, 3.05) is 7.11 Å². The lowest BCUT2D eigenvalue weighted by Gasteiger charge is -2.09. The molecule has 1 aromatic heterocycles. The van der Waals surface area contributed by atoms with Crippen molar-refractivity contribution in [3.8, 4) is 11.5 Å². The molecule has 0 aliphatic carbocycles. The average molecular weight is 261 g/mol. The third-order valence-electron chi connectivity index (χ3n) is 2.94. The van der Waals surface area contributed by atoms with Crippen molar-refractivity contribution in [2.24, 2.45) is 0 Å². The van der Waals surface area contributed by atoms with E-state index in [-0.39, 0.29) is 5.75 Å².